The Morgan fingerprint density at radius 2 is 1.81 bits per heavy atom. The molecule has 0 aliphatic rings. The molecular formula is C20H23N5O6. The van der Waals surface area contributed by atoms with Gasteiger partial charge in [-0.3, -0.25) is 23.5 Å². The lowest BCUT2D eigenvalue weighted by atomic mass is 10.2. The van der Waals surface area contributed by atoms with Gasteiger partial charge < -0.3 is 19.4 Å². The molecule has 0 fully saturated rings. The second-order valence-electron chi connectivity index (χ2n) is 6.95. The summed E-state index contributed by atoms with van der Waals surface area (Å²) in [7, 11) is 4.39. The molecule has 0 bridgehead atoms. The molecule has 11 nitrogen and oxygen atoms in total. The number of fused-ring (bicyclic) bond motifs is 1. The standard InChI is InChI=1S/C20H23N5O6/c1-12(18(27)21-9-13-5-7-14(30-4)8-6-13)31-15(26)10-25-11-22-17-16(25)19(28)24(3)20(29)23(17)2/h5-8,11-12H,9-10H2,1-4H3,(H,21,27). The number of aryl methyl sites for hydroxylation is 1. The van der Waals surface area contributed by atoms with Gasteiger partial charge in [-0.15, -0.1) is 0 Å². The van der Waals surface area contributed by atoms with Gasteiger partial charge in [0.1, 0.15) is 12.3 Å². The van der Waals surface area contributed by atoms with E-state index in [0.717, 1.165) is 10.1 Å². The molecule has 1 aromatic carbocycles. The summed E-state index contributed by atoms with van der Waals surface area (Å²) < 4.78 is 13.7. The number of methoxy groups -OCH3 is 1. The molecule has 0 saturated heterocycles. The van der Waals surface area contributed by atoms with Gasteiger partial charge in [0.25, 0.3) is 11.5 Å². The molecule has 0 spiro atoms. The smallest absolute Gasteiger partial charge is 0.332 e. The van der Waals surface area contributed by atoms with Crippen LogP contribution >= 0.6 is 0 Å². The predicted octanol–water partition coefficient (Wildman–Crippen LogP) is -0.310. The number of amides is 1. The number of esters is 1. The monoisotopic (exact) mass is 429 g/mol. The second-order valence-corrected chi connectivity index (χ2v) is 6.95. The van der Waals surface area contributed by atoms with Gasteiger partial charge in [0.2, 0.25) is 0 Å². The number of carbonyl (C=O) groups is 2. The Bertz CT molecular complexity index is 1240. The Hall–Kier alpha value is -3.89. The number of nitrogens with zero attached hydrogens (tertiary/aromatic N) is 4. The lowest BCUT2D eigenvalue weighted by molar-refractivity contribution is -0.155. The summed E-state index contributed by atoms with van der Waals surface area (Å²) in [5, 5.41) is 2.69. The number of imidazole rings is 1. The number of ether oxygens (including phenoxy) is 2. The lowest BCUT2D eigenvalue weighted by Crippen LogP contribution is -2.38. The van der Waals surface area contributed by atoms with E-state index in [0.29, 0.717) is 5.75 Å². The third kappa shape index (κ3) is 4.49. The maximum absolute atomic E-state index is 12.4. The third-order valence-corrected chi connectivity index (χ3v) is 4.82. The van der Waals surface area contributed by atoms with Gasteiger partial charge in [-0.2, -0.15) is 0 Å². The van der Waals surface area contributed by atoms with Crippen LogP contribution in [0.15, 0.2) is 40.2 Å². The number of benzene rings is 1. The minimum atomic E-state index is -1.03. The Morgan fingerprint density at radius 3 is 2.45 bits per heavy atom. The zero-order valence-corrected chi connectivity index (χ0v) is 17.6. The van der Waals surface area contributed by atoms with Crippen LogP contribution in [0, 0.1) is 0 Å². The molecule has 164 valence electrons. The van der Waals surface area contributed by atoms with Crippen LogP contribution in [-0.2, 0) is 41.5 Å². The van der Waals surface area contributed by atoms with Crippen molar-refractivity contribution in [2.75, 3.05) is 7.11 Å². The van der Waals surface area contributed by atoms with Gasteiger partial charge in [0, 0.05) is 20.6 Å². The van der Waals surface area contributed by atoms with E-state index < -0.39 is 29.2 Å². The summed E-state index contributed by atoms with van der Waals surface area (Å²) in [6.07, 6.45) is 0.244. The van der Waals surface area contributed by atoms with E-state index in [9.17, 15) is 19.2 Å². The van der Waals surface area contributed by atoms with Crippen LogP contribution in [0.4, 0.5) is 0 Å². The van der Waals surface area contributed by atoms with Crippen molar-refractivity contribution in [3.8, 4) is 5.75 Å². The summed E-state index contributed by atoms with van der Waals surface area (Å²) in [6, 6.07) is 7.18. The van der Waals surface area contributed by atoms with Crippen molar-refractivity contribution in [2.45, 2.75) is 26.1 Å². The quantitative estimate of drug-likeness (QED) is 0.511. The number of aromatic nitrogens is 4. The number of carbonyl (C=O) groups excluding carboxylic acids is 2. The Kier molecular flexibility index (Phi) is 6.23. The number of nitrogens with one attached hydrogen (secondary N) is 1. The normalized spacial score (nSPS) is 11.9. The van der Waals surface area contributed by atoms with Crippen molar-refractivity contribution >= 4 is 23.0 Å². The first kappa shape index (κ1) is 21.8. The maximum Gasteiger partial charge on any atom is 0.332 e. The zero-order valence-electron chi connectivity index (χ0n) is 17.6. The lowest BCUT2D eigenvalue weighted by Gasteiger charge is -2.14. The van der Waals surface area contributed by atoms with E-state index >= 15 is 0 Å². The highest BCUT2D eigenvalue weighted by molar-refractivity contribution is 5.83. The Morgan fingerprint density at radius 1 is 1.13 bits per heavy atom. The first-order chi connectivity index (χ1) is 14.7. The van der Waals surface area contributed by atoms with Crippen LogP contribution < -0.4 is 21.3 Å². The van der Waals surface area contributed by atoms with E-state index in [-0.39, 0.29) is 24.3 Å². The molecule has 1 amide bonds. The number of rotatable bonds is 7. The molecule has 0 aliphatic heterocycles. The fraction of sp³-hybridized carbons (Fsp3) is 0.350. The maximum atomic E-state index is 12.4. The first-order valence-electron chi connectivity index (χ1n) is 9.44. The molecular weight excluding hydrogens is 406 g/mol. The average molecular weight is 429 g/mol. The SMILES string of the molecule is COc1ccc(CNC(=O)C(C)OC(=O)Cn2cnc3c2c(=O)n(C)c(=O)n3C)cc1. The van der Waals surface area contributed by atoms with Crippen molar-refractivity contribution in [1.29, 1.82) is 0 Å². The molecule has 0 saturated carbocycles. The third-order valence-electron chi connectivity index (χ3n) is 4.82. The van der Waals surface area contributed by atoms with E-state index in [2.05, 4.69) is 10.3 Å². The van der Waals surface area contributed by atoms with Gasteiger partial charge in [-0.25, -0.2) is 9.78 Å². The fourth-order valence-electron chi connectivity index (χ4n) is 3.02. The van der Waals surface area contributed by atoms with Crippen molar-refractivity contribution in [2.24, 2.45) is 14.1 Å². The van der Waals surface area contributed by atoms with Crippen molar-refractivity contribution in [1.82, 2.24) is 24.0 Å². The summed E-state index contributed by atoms with van der Waals surface area (Å²) in [5.74, 6) is -0.473. The molecule has 31 heavy (non-hydrogen) atoms. The highest BCUT2D eigenvalue weighted by Crippen LogP contribution is 2.11. The summed E-state index contributed by atoms with van der Waals surface area (Å²) in [6.45, 7) is 1.39. The molecule has 3 aromatic rings. The molecule has 2 aromatic heterocycles. The van der Waals surface area contributed by atoms with E-state index in [1.165, 1.54) is 36.5 Å². The zero-order chi connectivity index (χ0) is 22.7. The van der Waals surface area contributed by atoms with E-state index in [1.54, 1.807) is 19.2 Å². The highest BCUT2D eigenvalue weighted by Gasteiger charge is 2.20. The van der Waals surface area contributed by atoms with E-state index in [1.807, 2.05) is 12.1 Å². The summed E-state index contributed by atoms with van der Waals surface area (Å²) >= 11 is 0. The predicted molar refractivity (Wildman–Crippen MR) is 111 cm³/mol. The minimum absolute atomic E-state index is 0.0955. The van der Waals surface area contributed by atoms with Crippen molar-refractivity contribution in [3.63, 3.8) is 0 Å². The van der Waals surface area contributed by atoms with Crippen LogP contribution in [-0.4, -0.2) is 43.8 Å². The molecule has 0 aliphatic carbocycles. The molecule has 2 heterocycles. The molecule has 0 radical (unpaired) electrons. The number of hydrogen-bond acceptors (Lipinski definition) is 7. The van der Waals surface area contributed by atoms with E-state index in [4.69, 9.17) is 9.47 Å². The van der Waals surface area contributed by atoms with Crippen molar-refractivity contribution < 1.29 is 19.1 Å². The molecule has 1 N–H and O–H groups in total. The Labute approximate surface area is 176 Å². The molecule has 11 heteroatoms. The minimum Gasteiger partial charge on any atom is -0.497 e. The van der Waals surface area contributed by atoms with Gasteiger partial charge in [0.05, 0.1) is 13.4 Å². The van der Waals surface area contributed by atoms with Crippen LogP contribution in [0.3, 0.4) is 0 Å². The fourth-order valence-corrected chi connectivity index (χ4v) is 3.02. The molecule has 1 unspecified atom stereocenters. The van der Waals surface area contributed by atoms with Crippen LogP contribution in [0.2, 0.25) is 0 Å². The summed E-state index contributed by atoms with van der Waals surface area (Å²) in [5.41, 5.74) is 0.0181. The second kappa shape index (κ2) is 8.86. The van der Waals surface area contributed by atoms with Crippen LogP contribution in [0.5, 0.6) is 5.75 Å². The van der Waals surface area contributed by atoms with Crippen LogP contribution in [0.25, 0.3) is 11.2 Å². The van der Waals surface area contributed by atoms with Gasteiger partial charge in [-0.05, 0) is 24.6 Å². The molecule has 3 rings (SSSR count). The summed E-state index contributed by atoms with van der Waals surface area (Å²) in [4.78, 5) is 53.0. The largest absolute Gasteiger partial charge is 0.497 e. The van der Waals surface area contributed by atoms with Crippen molar-refractivity contribution in [3.05, 3.63) is 57.0 Å². The first-order valence-corrected chi connectivity index (χ1v) is 9.44. The van der Waals surface area contributed by atoms with Gasteiger partial charge in [-0.1, -0.05) is 12.1 Å². The Balaban J connectivity index is 1.63. The topological polar surface area (TPSA) is 126 Å². The van der Waals surface area contributed by atoms with Gasteiger partial charge >= 0.3 is 11.7 Å². The highest BCUT2D eigenvalue weighted by atomic mass is 16.5. The van der Waals surface area contributed by atoms with Crippen LogP contribution in [0.1, 0.15) is 12.5 Å². The van der Waals surface area contributed by atoms with Gasteiger partial charge in [0.15, 0.2) is 17.3 Å². The number of hydrogen-bond donors (Lipinski definition) is 1. The average Bonchev–Trinajstić information content (AvgIpc) is 3.18. The molecule has 1 atom stereocenters.